The van der Waals surface area contributed by atoms with Gasteiger partial charge in [0.2, 0.25) is 5.91 Å². The molecule has 16 heavy (non-hydrogen) atoms. The molecule has 0 bridgehead atoms. The van der Waals surface area contributed by atoms with Crippen molar-refractivity contribution in [3.63, 3.8) is 0 Å². The van der Waals surface area contributed by atoms with Crippen molar-refractivity contribution >= 4 is 29.1 Å². The summed E-state index contributed by atoms with van der Waals surface area (Å²) in [5, 5.41) is 0.683. The topological polar surface area (TPSA) is 20.3 Å². The number of halogens is 2. The summed E-state index contributed by atoms with van der Waals surface area (Å²) in [6, 6.07) is 7.54. The SMILES string of the molecule is CC(c1cccc(Cl)c1)N(C)C(=O)CCCl. The summed E-state index contributed by atoms with van der Waals surface area (Å²) >= 11 is 11.5. The predicted octanol–water partition coefficient (Wildman–Crippen LogP) is 3.49. The molecule has 0 aliphatic rings. The molecule has 1 aromatic carbocycles. The Balaban J connectivity index is 2.77. The second-order valence-corrected chi connectivity index (χ2v) is 4.49. The van der Waals surface area contributed by atoms with Gasteiger partial charge in [-0.15, -0.1) is 11.6 Å². The molecule has 0 aliphatic heterocycles. The van der Waals surface area contributed by atoms with Crippen LogP contribution in [0.5, 0.6) is 0 Å². The predicted molar refractivity (Wildman–Crippen MR) is 68.0 cm³/mol. The highest BCUT2D eigenvalue weighted by Gasteiger charge is 2.16. The second-order valence-electron chi connectivity index (χ2n) is 3.67. The maximum Gasteiger partial charge on any atom is 0.224 e. The first-order chi connectivity index (χ1) is 7.56. The number of amides is 1. The highest BCUT2D eigenvalue weighted by Crippen LogP contribution is 2.22. The molecule has 0 aliphatic carbocycles. The van der Waals surface area contributed by atoms with Crippen molar-refractivity contribution in [2.45, 2.75) is 19.4 Å². The fourth-order valence-corrected chi connectivity index (χ4v) is 1.82. The van der Waals surface area contributed by atoms with Gasteiger partial charge >= 0.3 is 0 Å². The average Bonchev–Trinajstić information content (AvgIpc) is 2.27. The maximum absolute atomic E-state index is 11.7. The Kier molecular flexibility index (Phi) is 5.10. The zero-order chi connectivity index (χ0) is 12.1. The molecule has 0 spiro atoms. The monoisotopic (exact) mass is 259 g/mol. The summed E-state index contributed by atoms with van der Waals surface area (Å²) in [5.41, 5.74) is 1.03. The molecule has 0 heterocycles. The molecule has 0 saturated carbocycles. The second kappa shape index (κ2) is 6.12. The highest BCUT2D eigenvalue weighted by molar-refractivity contribution is 6.30. The summed E-state index contributed by atoms with van der Waals surface area (Å²) in [4.78, 5) is 13.3. The van der Waals surface area contributed by atoms with E-state index in [2.05, 4.69) is 0 Å². The van der Waals surface area contributed by atoms with Crippen LogP contribution in [0.2, 0.25) is 5.02 Å². The third-order valence-electron chi connectivity index (χ3n) is 2.61. The smallest absolute Gasteiger partial charge is 0.224 e. The molecule has 2 nitrogen and oxygen atoms in total. The molecule has 88 valence electrons. The quantitative estimate of drug-likeness (QED) is 0.759. The van der Waals surface area contributed by atoms with E-state index in [4.69, 9.17) is 23.2 Å². The van der Waals surface area contributed by atoms with Crippen LogP contribution in [0.4, 0.5) is 0 Å². The number of alkyl halides is 1. The van der Waals surface area contributed by atoms with Gasteiger partial charge in [0, 0.05) is 24.4 Å². The fraction of sp³-hybridized carbons (Fsp3) is 0.417. The summed E-state index contributed by atoms with van der Waals surface area (Å²) < 4.78 is 0. The average molecular weight is 260 g/mol. The van der Waals surface area contributed by atoms with Crippen LogP contribution >= 0.6 is 23.2 Å². The van der Waals surface area contributed by atoms with E-state index in [-0.39, 0.29) is 11.9 Å². The lowest BCUT2D eigenvalue weighted by Gasteiger charge is -2.25. The molecule has 1 amide bonds. The Morgan fingerprint density at radius 3 is 2.75 bits per heavy atom. The number of benzene rings is 1. The van der Waals surface area contributed by atoms with Crippen LogP contribution in [0.15, 0.2) is 24.3 Å². The van der Waals surface area contributed by atoms with Crippen LogP contribution in [-0.2, 0) is 4.79 Å². The molecule has 1 rings (SSSR count). The van der Waals surface area contributed by atoms with Crippen molar-refractivity contribution in [3.05, 3.63) is 34.9 Å². The van der Waals surface area contributed by atoms with E-state index in [0.29, 0.717) is 17.3 Å². The van der Waals surface area contributed by atoms with Crippen molar-refractivity contribution in [1.29, 1.82) is 0 Å². The minimum atomic E-state index is 0.00872. The standard InChI is InChI=1S/C12H15Cl2NO/c1-9(15(2)12(16)6-7-13)10-4-3-5-11(14)8-10/h3-5,8-9H,6-7H2,1-2H3. The molecule has 1 aromatic rings. The third-order valence-corrected chi connectivity index (χ3v) is 3.04. The number of carbonyl (C=O) groups is 1. The van der Waals surface area contributed by atoms with E-state index in [1.165, 1.54) is 0 Å². The number of hydrogen-bond donors (Lipinski definition) is 0. The molecule has 1 unspecified atom stereocenters. The van der Waals surface area contributed by atoms with Crippen LogP contribution in [0.1, 0.15) is 24.9 Å². The molecule has 4 heteroatoms. The van der Waals surface area contributed by atoms with Crippen LogP contribution in [0, 0.1) is 0 Å². The number of hydrogen-bond acceptors (Lipinski definition) is 1. The fourth-order valence-electron chi connectivity index (χ4n) is 1.46. The Labute approximate surface area is 106 Å². The molecule has 1 atom stereocenters. The van der Waals surface area contributed by atoms with Gasteiger partial charge in [-0.05, 0) is 24.6 Å². The van der Waals surface area contributed by atoms with E-state index in [1.807, 2.05) is 31.2 Å². The number of carbonyl (C=O) groups excluding carboxylic acids is 1. The molecule has 0 radical (unpaired) electrons. The van der Waals surface area contributed by atoms with Crippen molar-refractivity contribution < 1.29 is 4.79 Å². The van der Waals surface area contributed by atoms with Crippen LogP contribution in [0.25, 0.3) is 0 Å². The van der Waals surface area contributed by atoms with E-state index >= 15 is 0 Å². The van der Waals surface area contributed by atoms with Crippen molar-refractivity contribution in [1.82, 2.24) is 4.90 Å². The third kappa shape index (κ3) is 3.39. The summed E-state index contributed by atoms with van der Waals surface area (Å²) in [5.74, 6) is 0.397. The molecule has 0 aromatic heterocycles. The van der Waals surface area contributed by atoms with Crippen LogP contribution in [0.3, 0.4) is 0 Å². The van der Waals surface area contributed by atoms with Crippen LogP contribution < -0.4 is 0 Å². The lowest BCUT2D eigenvalue weighted by atomic mass is 10.1. The van der Waals surface area contributed by atoms with Gasteiger partial charge in [-0.3, -0.25) is 4.79 Å². The Bertz CT molecular complexity index is 368. The van der Waals surface area contributed by atoms with Crippen LogP contribution in [-0.4, -0.2) is 23.7 Å². The van der Waals surface area contributed by atoms with Gasteiger partial charge in [-0.2, -0.15) is 0 Å². The Morgan fingerprint density at radius 1 is 1.50 bits per heavy atom. The molecular formula is C12H15Cl2NO. The largest absolute Gasteiger partial charge is 0.339 e. The Morgan fingerprint density at radius 2 is 2.19 bits per heavy atom. The van der Waals surface area contributed by atoms with Gasteiger partial charge in [0.05, 0.1) is 6.04 Å². The Hall–Kier alpha value is -0.730. The van der Waals surface area contributed by atoms with Crippen molar-refractivity contribution in [2.24, 2.45) is 0 Å². The lowest BCUT2D eigenvalue weighted by molar-refractivity contribution is -0.131. The lowest BCUT2D eigenvalue weighted by Crippen LogP contribution is -2.29. The minimum Gasteiger partial charge on any atom is -0.339 e. The van der Waals surface area contributed by atoms with E-state index < -0.39 is 0 Å². The summed E-state index contributed by atoms with van der Waals surface area (Å²) in [6.45, 7) is 1.97. The van der Waals surface area contributed by atoms with Crippen molar-refractivity contribution in [2.75, 3.05) is 12.9 Å². The molecule has 0 N–H and O–H groups in total. The molecule has 0 saturated heterocycles. The first-order valence-electron chi connectivity index (χ1n) is 5.13. The van der Waals surface area contributed by atoms with Gasteiger partial charge in [0.25, 0.3) is 0 Å². The van der Waals surface area contributed by atoms with Gasteiger partial charge < -0.3 is 4.90 Å². The van der Waals surface area contributed by atoms with E-state index in [9.17, 15) is 4.79 Å². The van der Waals surface area contributed by atoms with Gasteiger partial charge in [-0.1, -0.05) is 23.7 Å². The van der Waals surface area contributed by atoms with Gasteiger partial charge in [0.1, 0.15) is 0 Å². The molecular weight excluding hydrogens is 245 g/mol. The maximum atomic E-state index is 11.7. The van der Waals surface area contributed by atoms with Gasteiger partial charge in [-0.25, -0.2) is 0 Å². The number of nitrogens with zero attached hydrogens (tertiary/aromatic N) is 1. The zero-order valence-electron chi connectivity index (χ0n) is 9.41. The minimum absolute atomic E-state index is 0.00872. The van der Waals surface area contributed by atoms with Gasteiger partial charge in [0.15, 0.2) is 0 Å². The zero-order valence-corrected chi connectivity index (χ0v) is 10.9. The van der Waals surface area contributed by atoms with Crippen molar-refractivity contribution in [3.8, 4) is 0 Å². The number of rotatable bonds is 4. The normalized spacial score (nSPS) is 12.2. The summed E-state index contributed by atoms with van der Waals surface area (Å²) in [7, 11) is 1.78. The first-order valence-corrected chi connectivity index (χ1v) is 6.04. The van der Waals surface area contributed by atoms with E-state index in [0.717, 1.165) is 5.56 Å². The summed E-state index contributed by atoms with van der Waals surface area (Å²) in [6.07, 6.45) is 0.364. The highest BCUT2D eigenvalue weighted by atomic mass is 35.5. The van der Waals surface area contributed by atoms with E-state index in [1.54, 1.807) is 11.9 Å². The molecule has 0 fully saturated rings. The first kappa shape index (κ1) is 13.3.